The Morgan fingerprint density at radius 2 is 1.95 bits per heavy atom. The first-order valence-electron chi connectivity index (χ1n) is 5.88. The summed E-state index contributed by atoms with van der Waals surface area (Å²) >= 11 is 0. The average molecular weight is 277 g/mol. The third kappa shape index (κ3) is 2.92. The van der Waals surface area contributed by atoms with Gasteiger partial charge in [-0.3, -0.25) is 10.1 Å². The van der Waals surface area contributed by atoms with Crippen LogP contribution in [-0.2, 0) is 0 Å². The lowest BCUT2D eigenvalue weighted by Gasteiger charge is -2.09. The summed E-state index contributed by atoms with van der Waals surface area (Å²) in [6.45, 7) is 1.50. The lowest BCUT2D eigenvalue weighted by Crippen LogP contribution is -1.98. The zero-order valence-electron chi connectivity index (χ0n) is 10.6. The van der Waals surface area contributed by atoms with Crippen molar-refractivity contribution < 1.29 is 19.2 Å². The highest BCUT2D eigenvalue weighted by molar-refractivity contribution is 5.51. The Labute approximate surface area is 114 Å². The molecule has 104 valence electrons. The van der Waals surface area contributed by atoms with Gasteiger partial charge in [-0.1, -0.05) is 18.2 Å². The first-order valence-corrected chi connectivity index (χ1v) is 5.88. The number of para-hydroxylation sites is 1. The summed E-state index contributed by atoms with van der Waals surface area (Å²) in [5, 5.41) is 20.5. The van der Waals surface area contributed by atoms with Crippen molar-refractivity contribution in [3.05, 3.63) is 64.0 Å². The molecule has 0 aliphatic carbocycles. The van der Waals surface area contributed by atoms with Gasteiger partial charge in [-0.15, -0.1) is 0 Å². The van der Waals surface area contributed by atoms with Crippen molar-refractivity contribution in [2.75, 3.05) is 0 Å². The van der Waals surface area contributed by atoms with Crippen molar-refractivity contribution in [2.24, 2.45) is 0 Å². The van der Waals surface area contributed by atoms with Gasteiger partial charge in [0, 0.05) is 6.07 Å². The molecule has 2 aromatic rings. The Balaban J connectivity index is 2.41. The topological polar surface area (TPSA) is 72.6 Å². The lowest BCUT2D eigenvalue weighted by atomic mass is 10.1. The fourth-order valence-electron chi connectivity index (χ4n) is 1.67. The molecule has 0 saturated carbocycles. The predicted molar refractivity (Wildman–Crippen MR) is 70.2 cm³/mol. The number of nitrogens with zero attached hydrogens (tertiary/aromatic N) is 1. The summed E-state index contributed by atoms with van der Waals surface area (Å²) in [6, 6.07) is 9.68. The maximum absolute atomic E-state index is 13.5. The second-order valence-electron chi connectivity index (χ2n) is 4.19. The van der Waals surface area contributed by atoms with Crippen molar-refractivity contribution >= 4 is 5.69 Å². The zero-order chi connectivity index (χ0) is 14.7. The quantitative estimate of drug-likeness (QED) is 0.684. The van der Waals surface area contributed by atoms with E-state index in [0.29, 0.717) is 5.56 Å². The van der Waals surface area contributed by atoms with Crippen molar-refractivity contribution in [3.63, 3.8) is 0 Å². The molecular weight excluding hydrogens is 265 g/mol. The number of ether oxygens (including phenoxy) is 1. The number of rotatable bonds is 4. The van der Waals surface area contributed by atoms with Gasteiger partial charge in [0.1, 0.15) is 0 Å². The third-order valence-electron chi connectivity index (χ3n) is 2.72. The van der Waals surface area contributed by atoms with Crippen LogP contribution in [0, 0.1) is 15.9 Å². The molecule has 20 heavy (non-hydrogen) atoms. The molecule has 0 radical (unpaired) electrons. The van der Waals surface area contributed by atoms with Crippen LogP contribution in [0.2, 0.25) is 0 Å². The van der Waals surface area contributed by atoms with Gasteiger partial charge >= 0.3 is 5.69 Å². The zero-order valence-corrected chi connectivity index (χ0v) is 10.6. The summed E-state index contributed by atoms with van der Waals surface area (Å²) in [6.07, 6.45) is -0.837. The van der Waals surface area contributed by atoms with Crippen LogP contribution in [-0.4, -0.2) is 10.0 Å². The molecule has 0 fully saturated rings. The molecular formula is C14H12FNO4. The standard InChI is InChI=1S/C14H12FNO4/c1-9(17)10-6-7-14(12(8-10)16(18)19)20-13-5-3-2-4-11(13)15/h2-9,17H,1H3. The summed E-state index contributed by atoms with van der Waals surface area (Å²) in [7, 11) is 0. The fraction of sp³-hybridized carbons (Fsp3) is 0.143. The second-order valence-corrected chi connectivity index (χ2v) is 4.19. The molecule has 0 aliphatic heterocycles. The molecule has 0 spiro atoms. The van der Waals surface area contributed by atoms with Crippen LogP contribution in [0.3, 0.4) is 0 Å². The Bertz CT molecular complexity index is 643. The fourth-order valence-corrected chi connectivity index (χ4v) is 1.67. The van der Waals surface area contributed by atoms with Crippen LogP contribution in [0.5, 0.6) is 11.5 Å². The van der Waals surface area contributed by atoms with Gasteiger partial charge in [0.2, 0.25) is 5.75 Å². The minimum Gasteiger partial charge on any atom is -0.447 e. The first-order chi connectivity index (χ1) is 9.49. The minimum absolute atomic E-state index is 0.0792. The molecule has 1 unspecified atom stereocenters. The van der Waals surface area contributed by atoms with Crippen molar-refractivity contribution in [2.45, 2.75) is 13.0 Å². The highest BCUT2D eigenvalue weighted by Crippen LogP contribution is 2.34. The van der Waals surface area contributed by atoms with Crippen LogP contribution in [0.1, 0.15) is 18.6 Å². The van der Waals surface area contributed by atoms with E-state index in [1.165, 1.54) is 43.3 Å². The maximum Gasteiger partial charge on any atom is 0.311 e. The minimum atomic E-state index is -0.837. The third-order valence-corrected chi connectivity index (χ3v) is 2.72. The van der Waals surface area contributed by atoms with Gasteiger partial charge in [-0.2, -0.15) is 0 Å². The smallest absolute Gasteiger partial charge is 0.311 e. The molecule has 2 rings (SSSR count). The van der Waals surface area contributed by atoms with E-state index < -0.39 is 16.8 Å². The predicted octanol–water partition coefficient (Wildman–Crippen LogP) is 3.58. The largest absolute Gasteiger partial charge is 0.447 e. The van der Waals surface area contributed by atoms with Gasteiger partial charge in [-0.05, 0) is 30.7 Å². The van der Waals surface area contributed by atoms with E-state index in [9.17, 15) is 19.6 Å². The molecule has 2 aromatic carbocycles. The molecule has 1 atom stereocenters. The first kappa shape index (κ1) is 14.0. The average Bonchev–Trinajstić information content (AvgIpc) is 2.41. The molecule has 5 nitrogen and oxygen atoms in total. The molecule has 6 heteroatoms. The number of nitro benzene ring substituents is 1. The maximum atomic E-state index is 13.5. The molecule has 0 amide bonds. The molecule has 1 N–H and O–H groups in total. The van der Waals surface area contributed by atoms with E-state index in [4.69, 9.17) is 4.74 Å². The Morgan fingerprint density at radius 3 is 2.55 bits per heavy atom. The van der Waals surface area contributed by atoms with Gasteiger partial charge in [0.15, 0.2) is 11.6 Å². The van der Waals surface area contributed by atoms with Crippen LogP contribution in [0.15, 0.2) is 42.5 Å². The van der Waals surface area contributed by atoms with Crippen molar-refractivity contribution in [3.8, 4) is 11.5 Å². The molecule has 0 heterocycles. The van der Waals surface area contributed by atoms with Gasteiger partial charge in [0.25, 0.3) is 0 Å². The second kappa shape index (κ2) is 5.66. The SMILES string of the molecule is CC(O)c1ccc(Oc2ccccc2F)c([N+](=O)[O-])c1. The van der Waals surface area contributed by atoms with Crippen LogP contribution in [0.4, 0.5) is 10.1 Å². The van der Waals surface area contributed by atoms with E-state index in [1.54, 1.807) is 6.07 Å². The van der Waals surface area contributed by atoms with Crippen LogP contribution < -0.4 is 4.74 Å². The number of hydrogen-bond donors (Lipinski definition) is 1. The normalized spacial score (nSPS) is 11.9. The van der Waals surface area contributed by atoms with Crippen LogP contribution in [0.25, 0.3) is 0 Å². The number of aliphatic hydroxyl groups is 1. The summed E-state index contributed by atoms with van der Waals surface area (Å²) < 4.78 is 18.7. The summed E-state index contributed by atoms with van der Waals surface area (Å²) in [4.78, 5) is 10.4. The highest BCUT2D eigenvalue weighted by Gasteiger charge is 2.19. The van der Waals surface area contributed by atoms with E-state index >= 15 is 0 Å². The number of hydrogen-bond acceptors (Lipinski definition) is 4. The summed E-state index contributed by atoms with van der Waals surface area (Å²) in [5.74, 6) is -0.786. The number of benzene rings is 2. The highest BCUT2D eigenvalue weighted by atomic mass is 19.1. The van der Waals surface area contributed by atoms with Gasteiger partial charge in [-0.25, -0.2) is 4.39 Å². The molecule has 0 bridgehead atoms. The Hall–Kier alpha value is -2.47. The number of aliphatic hydroxyl groups excluding tert-OH is 1. The van der Waals surface area contributed by atoms with Crippen molar-refractivity contribution in [1.82, 2.24) is 0 Å². The van der Waals surface area contributed by atoms with Crippen molar-refractivity contribution in [1.29, 1.82) is 0 Å². The monoisotopic (exact) mass is 277 g/mol. The number of nitro groups is 1. The number of halogens is 1. The molecule has 0 aliphatic rings. The van der Waals surface area contributed by atoms with E-state index in [1.807, 2.05) is 0 Å². The van der Waals surface area contributed by atoms with Gasteiger partial charge < -0.3 is 9.84 Å². The summed E-state index contributed by atoms with van der Waals surface area (Å²) in [5.41, 5.74) is 0.0595. The van der Waals surface area contributed by atoms with E-state index in [2.05, 4.69) is 0 Å². The molecule has 0 saturated heterocycles. The van der Waals surface area contributed by atoms with E-state index in [0.717, 1.165) is 0 Å². The van der Waals surface area contributed by atoms with Gasteiger partial charge in [0.05, 0.1) is 11.0 Å². The molecule has 0 aromatic heterocycles. The lowest BCUT2D eigenvalue weighted by molar-refractivity contribution is -0.385. The Kier molecular flexibility index (Phi) is 3.95. The van der Waals surface area contributed by atoms with E-state index in [-0.39, 0.29) is 17.2 Å². The van der Waals surface area contributed by atoms with Crippen LogP contribution >= 0.6 is 0 Å². The Morgan fingerprint density at radius 1 is 1.25 bits per heavy atom.